The van der Waals surface area contributed by atoms with Gasteiger partial charge in [0.15, 0.2) is 23.2 Å². The molecule has 91 heavy (non-hydrogen) atoms. The number of hydrogen-bond donors (Lipinski definition) is 4. The highest BCUT2D eigenvalue weighted by Gasteiger charge is 2.44. The van der Waals surface area contributed by atoms with Crippen molar-refractivity contribution >= 4 is 70.7 Å². The Kier molecular flexibility index (Phi) is 26.9. The standard InChI is InChI=1S/C36H34N4O4S.C20H25NO4S.C16H11N3O/c1-36(27-10-6-5-7-11-27)31(34(39-3)35(44-36)32(25-37)38-2)19-18-30-17-16-29(45-30)15-13-26-12-14-28(40(4)20-22-42)24-33(26)43-23-9-8-21-41;1-21(10-12-23)17-6-4-16(20(14-17)25-13-3-2-11-22)5-7-18-8-9-19(15-24)26-18;1-11-14(10-19)15(12(8-17)9-18)20-16(11,2)13-6-4-3-5-7-13/h5-7,10-19,24,41-42H,8-9,20-23H2,1,4H3;4-9,14-15,22-23H,2-3,10-13H2,1H3;3-7H,1-2H3/b15-13+,19-18+,35-32+;7-5+;. The summed E-state index contributed by atoms with van der Waals surface area (Å²) in [5.74, 6) is 1.56. The minimum absolute atomic E-state index is 0.00580. The third-order valence-corrected chi connectivity index (χ3v) is 16.7. The van der Waals surface area contributed by atoms with Crippen molar-refractivity contribution in [3.8, 4) is 35.8 Å². The van der Waals surface area contributed by atoms with E-state index in [0.717, 1.165) is 78.9 Å². The summed E-state index contributed by atoms with van der Waals surface area (Å²) in [6.45, 7) is 23.2. The molecule has 4 aromatic carbocycles. The van der Waals surface area contributed by atoms with E-state index in [1.54, 1.807) is 36.5 Å². The molecule has 17 nitrogen and oxygen atoms in total. The van der Waals surface area contributed by atoms with E-state index in [1.165, 1.54) is 11.3 Å². The predicted octanol–water partition coefficient (Wildman–Crippen LogP) is 13.7. The highest BCUT2D eigenvalue weighted by molar-refractivity contribution is 7.14. The normalized spacial score (nSPS) is 16.2. The molecule has 2 atom stereocenters. The van der Waals surface area contributed by atoms with E-state index in [2.05, 4.69) is 9.69 Å². The van der Waals surface area contributed by atoms with Crippen LogP contribution in [0.5, 0.6) is 11.5 Å². The Morgan fingerprint density at radius 1 is 0.593 bits per heavy atom. The molecule has 0 fully saturated rings. The average Bonchev–Trinajstić information content (AvgIpc) is 1.66. The van der Waals surface area contributed by atoms with Crippen molar-refractivity contribution in [2.75, 3.05) is 76.6 Å². The van der Waals surface area contributed by atoms with E-state index in [-0.39, 0.29) is 60.5 Å². The van der Waals surface area contributed by atoms with E-state index in [4.69, 9.17) is 57.9 Å². The first-order valence-electron chi connectivity index (χ1n) is 29.0. The predicted molar refractivity (Wildman–Crippen MR) is 357 cm³/mol. The second-order valence-corrected chi connectivity index (χ2v) is 23.0. The minimum Gasteiger partial charge on any atom is -0.500 e. The molecule has 0 amide bonds. The van der Waals surface area contributed by atoms with Gasteiger partial charge in [-0.1, -0.05) is 66.7 Å². The highest BCUT2D eigenvalue weighted by Crippen LogP contribution is 2.49. The molecule has 464 valence electrons. The molecule has 19 heteroatoms. The lowest BCUT2D eigenvalue weighted by Crippen LogP contribution is -2.23. The Balaban J connectivity index is 0.000000241. The van der Waals surface area contributed by atoms with Gasteiger partial charge in [0.05, 0.1) is 56.1 Å². The third kappa shape index (κ3) is 18.2. The molecule has 2 aliphatic rings. The highest BCUT2D eigenvalue weighted by atomic mass is 32.1. The summed E-state index contributed by atoms with van der Waals surface area (Å²) in [6.07, 6.45) is 15.5. The molecule has 4 heterocycles. The first kappa shape index (κ1) is 69.8. The molecule has 4 N–H and O–H groups in total. The van der Waals surface area contributed by atoms with Gasteiger partial charge in [0.1, 0.15) is 41.1 Å². The summed E-state index contributed by atoms with van der Waals surface area (Å²) < 4.78 is 24.0. The molecular formula is C72H70N8O9S2. The first-order valence-corrected chi connectivity index (χ1v) is 30.7. The van der Waals surface area contributed by atoms with Gasteiger partial charge < -0.3 is 49.2 Å². The number of hydrogen-bond acceptors (Lipinski definition) is 17. The zero-order chi connectivity index (χ0) is 65.8. The molecule has 8 rings (SSSR count). The van der Waals surface area contributed by atoms with E-state index in [1.807, 2.05) is 202 Å². The van der Waals surface area contributed by atoms with Crippen LogP contribution in [-0.2, 0) is 20.7 Å². The van der Waals surface area contributed by atoms with E-state index in [9.17, 15) is 20.4 Å². The second kappa shape index (κ2) is 35.0. The van der Waals surface area contributed by atoms with Gasteiger partial charge in [-0.25, -0.2) is 15.0 Å². The number of carbonyl (C=O) groups excluding carboxylic acids is 1. The van der Waals surface area contributed by atoms with Gasteiger partial charge in [-0.3, -0.25) is 4.79 Å². The number of nitriles is 4. The molecule has 2 unspecified atom stereocenters. The van der Waals surface area contributed by atoms with Crippen LogP contribution >= 0.6 is 22.7 Å². The van der Waals surface area contributed by atoms with Crippen molar-refractivity contribution < 1.29 is 44.2 Å². The van der Waals surface area contributed by atoms with Gasteiger partial charge in [0, 0.05) is 95.2 Å². The monoisotopic (exact) mass is 1250 g/mol. The van der Waals surface area contributed by atoms with Crippen molar-refractivity contribution in [1.29, 1.82) is 21.0 Å². The van der Waals surface area contributed by atoms with Crippen LogP contribution in [0.15, 0.2) is 173 Å². The van der Waals surface area contributed by atoms with Crippen molar-refractivity contribution in [3.05, 3.63) is 237 Å². The Morgan fingerprint density at radius 2 is 1.05 bits per heavy atom. The zero-order valence-corrected chi connectivity index (χ0v) is 52.9. The van der Waals surface area contributed by atoms with Gasteiger partial charge in [-0.2, -0.15) is 15.8 Å². The minimum atomic E-state index is -1.05. The van der Waals surface area contributed by atoms with Gasteiger partial charge >= 0.3 is 0 Å². The van der Waals surface area contributed by atoms with Crippen molar-refractivity contribution in [1.82, 2.24) is 0 Å². The molecule has 6 aromatic rings. The van der Waals surface area contributed by atoms with Crippen LogP contribution in [-0.4, -0.2) is 93.5 Å². The van der Waals surface area contributed by atoms with Crippen molar-refractivity contribution in [3.63, 3.8) is 0 Å². The number of unbranched alkanes of at least 4 members (excludes halogenated alkanes) is 2. The molecule has 0 radical (unpaired) electrons. The zero-order valence-electron chi connectivity index (χ0n) is 51.3. The van der Waals surface area contributed by atoms with Crippen LogP contribution < -0.4 is 19.3 Å². The molecule has 0 saturated heterocycles. The molecule has 2 aliphatic heterocycles. The number of aliphatic hydroxyl groups excluding tert-OH is 4. The van der Waals surface area contributed by atoms with E-state index >= 15 is 0 Å². The number of likely N-dealkylation sites (N-methyl/N-ethyl adjacent to an activating group) is 2. The lowest BCUT2D eigenvalue weighted by atomic mass is 9.87. The van der Waals surface area contributed by atoms with Crippen LogP contribution in [0.2, 0.25) is 0 Å². The Labute approximate surface area is 540 Å². The number of nitrogens with zero attached hydrogens (tertiary/aromatic N) is 8. The molecule has 0 bridgehead atoms. The lowest BCUT2D eigenvalue weighted by molar-refractivity contribution is 0.0728. The van der Waals surface area contributed by atoms with Gasteiger partial charge in [0.25, 0.3) is 5.70 Å². The fourth-order valence-corrected chi connectivity index (χ4v) is 11.0. The largest absolute Gasteiger partial charge is 0.500 e. The van der Waals surface area contributed by atoms with Crippen molar-refractivity contribution in [2.45, 2.75) is 57.7 Å². The number of thiophene rings is 2. The fourth-order valence-electron chi connectivity index (χ4n) is 9.45. The number of benzene rings is 4. The van der Waals surface area contributed by atoms with Gasteiger partial charge in [-0.15, -0.1) is 22.7 Å². The SMILES string of the molecule is CC1=C(C#N)C(=C(C#N)C#N)OC1(C)c1ccccc1.CN(CCO)c1ccc(/C=C/c2ccc(C=O)s2)c(OCCCCO)c1.[C-]#[N+]C1=C(/C=C/c2ccc(/C=C/c3ccc(N(C)CCO)cc3OCCCCO)s2)C(C)(c2ccccc2)O/C1=C(\C#N)[N+]#[C-]. The Bertz CT molecular complexity index is 3960. The number of anilines is 2. The third-order valence-electron chi connectivity index (χ3n) is 14.7. The number of allylic oxidation sites excluding steroid dienone is 3. The Morgan fingerprint density at radius 3 is 1.47 bits per heavy atom. The quantitative estimate of drug-likeness (QED) is 0.0180. The molecule has 0 spiro atoms. The summed E-state index contributed by atoms with van der Waals surface area (Å²) in [5, 5.41) is 73.3. The number of aldehydes is 1. The maximum absolute atomic E-state index is 10.8. The second-order valence-electron chi connectivity index (χ2n) is 20.7. The number of aliphatic hydroxyl groups is 4. The summed E-state index contributed by atoms with van der Waals surface area (Å²) >= 11 is 3.01. The lowest BCUT2D eigenvalue weighted by Gasteiger charge is -2.28. The average molecular weight is 1260 g/mol. The fraction of sp³-hybridized carbons (Fsp3) is 0.264. The molecular weight excluding hydrogens is 1180 g/mol. The van der Waals surface area contributed by atoms with E-state index < -0.39 is 11.2 Å². The summed E-state index contributed by atoms with van der Waals surface area (Å²) in [4.78, 5) is 25.4. The smallest absolute Gasteiger partial charge is 0.292 e. The topological polar surface area (TPSA) is 245 Å². The van der Waals surface area contributed by atoms with Crippen LogP contribution in [0.4, 0.5) is 11.4 Å². The summed E-state index contributed by atoms with van der Waals surface area (Å²) in [5.41, 5.74) is 4.80. The summed E-state index contributed by atoms with van der Waals surface area (Å²) in [6, 6.07) is 45.9. The van der Waals surface area contributed by atoms with Crippen molar-refractivity contribution in [2.24, 2.45) is 0 Å². The first-order chi connectivity index (χ1) is 44.1. The van der Waals surface area contributed by atoms with Crippen LogP contribution in [0.3, 0.4) is 0 Å². The number of carbonyl (C=O) groups is 1. The summed E-state index contributed by atoms with van der Waals surface area (Å²) in [7, 11) is 3.84. The molecule has 0 saturated carbocycles. The van der Waals surface area contributed by atoms with Gasteiger partial charge in [-0.05, 0) is 142 Å². The maximum atomic E-state index is 10.8. The van der Waals surface area contributed by atoms with Crippen LogP contribution in [0.25, 0.3) is 40.1 Å². The van der Waals surface area contributed by atoms with E-state index in [0.29, 0.717) is 55.2 Å². The van der Waals surface area contributed by atoms with Crippen LogP contribution in [0.1, 0.15) is 93.0 Å². The number of ether oxygens (including phenoxy) is 4. The molecule has 0 aliphatic carbocycles. The van der Waals surface area contributed by atoms with Crippen LogP contribution in [0, 0.1) is 58.5 Å². The number of rotatable bonds is 25. The Hall–Kier alpha value is -10.3. The molecule has 2 aromatic heterocycles. The van der Waals surface area contributed by atoms with Gasteiger partial charge in [0.2, 0.25) is 5.70 Å². The maximum Gasteiger partial charge on any atom is 0.292 e.